The minimum Gasteiger partial charge on any atom is -0.530 e. The monoisotopic (exact) mass is 155 g/mol. The predicted molar refractivity (Wildman–Crippen MR) is 38.3 cm³/mol. The van der Waals surface area contributed by atoms with Gasteiger partial charge in [-0.15, -0.1) is 0 Å². The summed E-state index contributed by atoms with van der Waals surface area (Å²) in [5.74, 6) is 0. The second-order valence-electron chi connectivity index (χ2n) is 1.50. The molecule has 0 bridgehead atoms. The van der Waals surface area contributed by atoms with E-state index in [4.69, 9.17) is 5.02 Å². The van der Waals surface area contributed by atoms with Crippen molar-refractivity contribution >= 4 is 25.3 Å². The van der Waals surface area contributed by atoms with E-state index >= 15 is 0 Å². The fraction of sp³-hybridized carbons (Fsp3) is 0. The molecule has 0 fully saturated rings. The summed E-state index contributed by atoms with van der Waals surface area (Å²) in [6, 6.07) is 3.23. The molecule has 5 heteroatoms. The van der Waals surface area contributed by atoms with E-state index in [9.17, 15) is 4.79 Å². The lowest BCUT2D eigenvalue weighted by atomic mass is 10.4. The van der Waals surface area contributed by atoms with Crippen LogP contribution in [0.1, 0.15) is 9.67 Å². The second kappa shape index (κ2) is 3.38. The topological polar surface area (TPSA) is 46.5 Å². The van der Waals surface area contributed by atoms with Crippen molar-refractivity contribution in [1.82, 2.24) is 0 Å². The first-order chi connectivity index (χ1) is 4.86. The Morgan fingerprint density at radius 3 is 3.00 bits per heavy atom. The van der Waals surface area contributed by atoms with E-state index in [0.29, 0.717) is 17.6 Å². The van der Waals surface area contributed by atoms with Gasteiger partial charge in [0.05, 0.1) is 4.88 Å². The molecule has 10 heavy (non-hydrogen) atoms. The van der Waals surface area contributed by atoms with Gasteiger partial charge in [0.1, 0.15) is 0 Å². The highest BCUT2D eigenvalue weighted by molar-refractivity contribution is 7.15. The van der Waals surface area contributed by atoms with Crippen molar-refractivity contribution < 1.29 is 14.5 Å². The summed E-state index contributed by atoms with van der Waals surface area (Å²) in [6.45, 7) is 0. The number of carbonyl (C=O) groups is 1. The van der Waals surface area contributed by atoms with E-state index < -0.39 is 0 Å². The van der Waals surface area contributed by atoms with Crippen LogP contribution in [-0.4, -0.2) is 19.0 Å². The molecule has 0 aliphatic heterocycles. The normalized spacial score (nSPS) is 8.90. The SMILES string of the molecule is O=Cc1ccc(O[B]O)s1. The van der Waals surface area contributed by atoms with Crippen LogP contribution in [0, 0.1) is 0 Å². The summed E-state index contributed by atoms with van der Waals surface area (Å²) in [6.07, 6.45) is 0.731. The third-order valence-corrected chi connectivity index (χ3v) is 1.79. The molecule has 51 valence electrons. The van der Waals surface area contributed by atoms with Gasteiger partial charge < -0.3 is 9.68 Å². The Kier molecular flexibility index (Phi) is 2.47. The zero-order valence-electron chi connectivity index (χ0n) is 4.98. The molecule has 3 nitrogen and oxygen atoms in total. The van der Waals surface area contributed by atoms with E-state index in [2.05, 4.69) is 4.65 Å². The molecular weight excluding hydrogens is 151 g/mol. The van der Waals surface area contributed by atoms with Crippen molar-refractivity contribution in [3.63, 3.8) is 0 Å². The van der Waals surface area contributed by atoms with Crippen LogP contribution in [0.3, 0.4) is 0 Å². The zero-order chi connectivity index (χ0) is 7.40. The molecule has 0 saturated heterocycles. The molecule has 1 heterocycles. The molecule has 0 atom stereocenters. The average molecular weight is 155 g/mol. The smallest absolute Gasteiger partial charge is 0.530 e. The molecule has 0 amide bonds. The fourth-order valence-corrected chi connectivity index (χ4v) is 1.16. The summed E-state index contributed by atoms with van der Waals surface area (Å²) in [4.78, 5) is 10.7. The Morgan fingerprint density at radius 1 is 1.70 bits per heavy atom. The lowest BCUT2D eigenvalue weighted by Crippen LogP contribution is -1.97. The highest BCUT2D eigenvalue weighted by Crippen LogP contribution is 2.21. The average Bonchev–Trinajstić information content (AvgIpc) is 2.37. The van der Waals surface area contributed by atoms with Crippen LogP contribution in [0.2, 0.25) is 0 Å². The number of carbonyl (C=O) groups excluding carboxylic acids is 1. The fourth-order valence-electron chi connectivity index (χ4n) is 0.513. The maximum absolute atomic E-state index is 10.1. The van der Waals surface area contributed by atoms with E-state index in [-0.39, 0.29) is 0 Å². The molecule has 1 aromatic heterocycles. The Labute approximate surface area is 62.6 Å². The van der Waals surface area contributed by atoms with Crippen molar-refractivity contribution in [2.45, 2.75) is 0 Å². The van der Waals surface area contributed by atoms with Crippen molar-refractivity contribution in [2.24, 2.45) is 0 Å². The Hall–Kier alpha value is -0.805. The van der Waals surface area contributed by atoms with Gasteiger partial charge in [-0.1, -0.05) is 11.3 Å². The van der Waals surface area contributed by atoms with Gasteiger partial charge in [0.2, 0.25) is 0 Å². The summed E-state index contributed by atoms with van der Waals surface area (Å²) in [5, 5.41) is 8.68. The predicted octanol–water partition coefficient (Wildman–Crippen LogP) is 0.466. The number of hydrogen-bond acceptors (Lipinski definition) is 4. The summed E-state index contributed by atoms with van der Waals surface area (Å²) < 4.78 is 4.58. The van der Waals surface area contributed by atoms with Gasteiger partial charge in [0, 0.05) is 0 Å². The highest BCUT2D eigenvalue weighted by Gasteiger charge is 1.98. The van der Waals surface area contributed by atoms with E-state index in [0.717, 1.165) is 6.29 Å². The van der Waals surface area contributed by atoms with Gasteiger partial charge in [-0.3, -0.25) is 4.79 Å². The van der Waals surface area contributed by atoms with Crippen LogP contribution in [0.15, 0.2) is 12.1 Å². The molecule has 0 unspecified atom stereocenters. The Morgan fingerprint density at radius 2 is 2.50 bits per heavy atom. The molecule has 0 saturated carbocycles. The Bertz CT molecular complexity index is 222. The van der Waals surface area contributed by atoms with Crippen molar-refractivity contribution in [3.8, 4) is 5.06 Å². The standard InChI is InChI=1S/C5H4BO3S/c7-3-4-1-2-5(10-4)9-6-8/h1-3,8H. The summed E-state index contributed by atoms with van der Waals surface area (Å²) >= 11 is 1.18. The van der Waals surface area contributed by atoms with Gasteiger partial charge in [0.25, 0.3) is 0 Å². The first kappa shape index (κ1) is 7.30. The molecular formula is C5H4BO3S. The lowest BCUT2D eigenvalue weighted by molar-refractivity contribution is 0.112. The molecule has 1 radical (unpaired) electrons. The summed E-state index contributed by atoms with van der Waals surface area (Å²) in [7, 11) is 0.584. The quantitative estimate of drug-likeness (QED) is 0.509. The number of hydrogen-bond donors (Lipinski definition) is 1. The third kappa shape index (κ3) is 1.59. The highest BCUT2D eigenvalue weighted by atomic mass is 32.1. The first-order valence-electron chi connectivity index (χ1n) is 2.54. The van der Waals surface area contributed by atoms with Crippen molar-refractivity contribution in [2.75, 3.05) is 0 Å². The van der Waals surface area contributed by atoms with Gasteiger partial charge >= 0.3 is 7.69 Å². The number of aldehydes is 1. The van der Waals surface area contributed by atoms with Crippen molar-refractivity contribution in [3.05, 3.63) is 17.0 Å². The molecule has 1 rings (SSSR count). The molecule has 0 aliphatic carbocycles. The van der Waals surface area contributed by atoms with Crippen LogP contribution < -0.4 is 4.65 Å². The minimum atomic E-state index is 0.504. The van der Waals surface area contributed by atoms with E-state index in [1.807, 2.05) is 0 Å². The minimum absolute atomic E-state index is 0.504. The van der Waals surface area contributed by atoms with Crippen LogP contribution in [0.4, 0.5) is 0 Å². The third-order valence-electron chi connectivity index (χ3n) is 0.887. The number of rotatable bonds is 3. The Balaban J connectivity index is 2.68. The maximum Gasteiger partial charge on any atom is 0.569 e. The molecule has 0 aliphatic rings. The van der Waals surface area contributed by atoms with Gasteiger partial charge in [0.15, 0.2) is 11.3 Å². The largest absolute Gasteiger partial charge is 0.569 e. The van der Waals surface area contributed by atoms with Crippen LogP contribution >= 0.6 is 11.3 Å². The molecule has 1 aromatic rings. The van der Waals surface area contributed by atoms with E-state index in [1.54, 1.807) is 12.1 Å². The zero-order valence-corrected chi connectivity index (χ0v) is 5.80. The molecule has 0 aromatic carbocycles. The lowest BCUT2D eigenvalue weighted by Gasteiger charge is -1.91. The van der Waals surface area contributed by atoms with Gasteiger partial charge in [-0.2, -0.15) is 0 Å². The van der Waals surface area contributed by atoms with Gasteiger partial charge in [-0.25, -0.2) is 0 Å². The first-order valence-corrected chi connectivity index (χ1v) is 3.36. The number of thiophene rings is 1. The van der Waals surface area contributed by atoms with Crippen LogP contribution in [-0.2, 0) is 0 Å². The molecule has 0 spiro atoms. The molecule has 1 N–H and O–H groups in total. The van der Waals surface area contributed by atoms with Crippen LogP contribution in [0.5, 0.6) is 5.06 Å². The summed E-state index contributed by atoms with van der Waals surface area (Å²) in [5.41, 5.74) is 0. The van der Waals surface area contributed by atoms with Crippen molar-refractivity contribution in [1.29, 1.82) is 0 Å². The van der Waals surface area contributed by atoms with E-state index in [1.165, 1.54) is 11.3 Å². The second-order valence-corrected chi connectivity index (χ2v) is 2.58. The van der Waals surface area contributed by atoms with Gasteiger partial charge in [-0.05, 0) is 12.1 Å². The van der Waals surface area contributed by atoms with Crippen LogP contribution in [0.25, 0.3) is 0 Å². The maximum atomic E-state index is 10.1.